The van der Waals surface area contributed by atoms with Crippen LogP contribution in [-0.4, -0.2) is 30.3 Å². The van der Waals surface area contributed by atoms with E-state index in [4.69, 9.17) is 13.9 Å². The summed E-state index contributed by atoms with van der Waals surface area (Å²) in [7, 11) is 3.10. The number of aryl methyl sites for hydroxylation is 2. The molecule has 4 aromatic rings. The summed E-state index contributed by atoms with van der Waals surface area (Å²) in [5.41, 5.74) is 3.06. The van der Waals surface area contributed by atoms with E-state index in [1.165, 1.54) is 16.2 Å². The fourth-order valence-electron chi connectivity index (χ4n) is 4.54. The predicted octanol–water partition coefficient (Wildman–Crippen LogP) is 5.23. The summed E-state index contributed by atoms with van der Waals surface area (Å²) in [6.07, 6.45) is 0.743. The molecule has 3 heterocycles. The maximum atomic E-state index is 13.9. The van der Waals surface area contributed by atoms with Crippen molar-refractivity contribution in [2.24, 2.45) is 5.92 Å². The number of carbonyl (C=O) groups is 1. The van der Waals surface area contributed by atoms with E-state index < -0.39 is 11.9 Å². The first-order chi connectivity index (χ1) is 17.2. The number of benzene rings is 2. The van der Waals surface area contributed by atoms with Gasteiger partial charge in [-0.3, -0.25) is 14.5 Å². The lowest BCUT2D eigenvalue weighted by atomic mass is 9.97. The van der Waals surface area contributed by atoms with Crippen LogP contribution in [-0.2, 0) is 6.42 Å². The highest BCUT2D eigenvalue weighted by molar-refractivity contribution is 7.15. The Morgan fingerprint density at radius 1 is 1.03 bits per heavy atom. The number of aromatic nitrogens is 2. The molecule has 36 heavy (non-hydrogen) atoms. The summed E-state index contributed by atoms with van der Waals surface area (Å²) in [6.45, 7) is 8.09. The molecular formula is C27H27N3O5S. The molecule has 1 amide bonds. The zero-order chi connectivity index (χ0) is 25.7. The molecule has 5 rings (SSSR count). The molecule has 0 fully saturated rings. The summed E-state index contributed by atoms with van der Waals surface area (Å²) >= 11 is 1.35. The molecule has 0 radical (unpaired) electrons. The molecule has 186 valence electrons. The number of ether oxygens (including phenoxy) is 2. The fraction of sp³-hybridized carbons (Fsp3) is 0.333. The second-order valence-electron chi connectivity index (χ2n) is 9.38. The standard InChI is InChI=1S/C27H27N3O5S/c1-13(2)9-21-28-29-27(36-21)30-23(16-7-8-18(33-5)20(12-16)34-6)22-24(31)17-10-14(3)15(4)11-19(17)35-25(22)26(30)32/h7-8,10-13,23H,9H2,1-6H3. The topological polar surface area (TPSA) is 94.8 Å². The lowest BCUT2D eigenvalue weighted by Crippen LogP contribution is -2.29. The Labute approximate surface area is 212 Å². The first kappa shape index (κ1) is 24.0. The van der Waals surface area contributed by atoms with Gasteiger partial charge in [-0.1, -0.05) is 31.3 Å². The second kappa shape index (κ2) is 9.05. The first-order valence-electron chi connectivity index (χ1n) is 11.7. The maximum absolute atomic E-state index is 13.9. The Bertz CT molecular complexity index is 1560. The highest BCUT2D eigenvalue weighted by Crippen LogP contribution is 2.44. The molecule has 1 aliphatic rings. The van der Waals surface area contributed by atoms with Crippen molar-refractivity contribution in [3.05, 3.63) is 73.6 Å². The zero-order valence-electron chi connectivity index (χ0n) is 21.0. The van der Waals surface area contributed by atoms with Crippen LogP contribution in [0.1, 0.15) is 57.7 Å². The molecule has 2 aromatic heterocycles. The Balaban J connectivity index is 1.76. The van der Waals surface area contributed by atoms with Crippen LogP contribution in [0, 0.1) is 19.8 Å². The molecule has 0 aliphatic carbocycles. The van der Waals surface area contributed by atoms with Gasteiger partial charge in [-0.25, -0.2) is 0 Å². The van der Waals surface area contributed by atoms with Gasteiger partial charge in [0, 0.05) is 6.42 Å². The quantitative estimate of drug-likeness (QED) is 0.354. The molecule has 1 aliphatic heterocycles. The number of hydrogen-bond donors (Lipinski definition) is 0. The summed E-state index contributed by atoms with van der Waals surface area (Å²) in [5, 5.41) is 10.3. The third-order valence-electron chi connectivity index (χ3n) is 6.45. The summed E-state index contributed by atoms with van der Waals surface area (Å²) in [5.74, 6) is 1.03. The number of rotatable bonds is 6. The monoisotopic (exact) mass is 505 g/mol. The predicted molar refractivity (Wildman–Crippen MR) is 139 cm³/mol. The van der Waals surface area contributed by atoms with Gasteiger partial charge < -0.3 is 13.9 Å². The Morgan fingerprint density at radius 2 is 1.75 bits per heavy atom. The number of anilines is 1. The molecule has 1 unspecified atom stereocenters. The van der Waals surface area contributed by atoms with Gasteiger partial charge in [0.15, 0.2) is 16.9 Å². The van der Waals surface area contributed by atoms with E-state index in [0.29, 0.717) is 39.1 Å². The number of methoxy groups -OCH3 is 2. The Hall–Kier alpha value is -3.72. The maximum Gasteiger partial charge on any atom is 0.297 e. The van der Waals surface area contributed by atoms with E-state index in [1.807, 2.05) is 26.0 Å². The number of fused-ring (bicyclic) bond motifs is 2. The van der Waals surface area contributed by atoms with Gasteiger partial charge in [0.05, 0.1) is 31.2 Å². The van der Waals surface area contributed by atoms with E-state index in [-0.39, 0.29) is 16.8 Å². The van der Waals surface area contributed by atoms with Crippen LogP contribution >= 0.6 is 11.3 Å². The molecule has 0 N–H and O–H groups in total. The SMILES string of the molecule is COc1ccc(C2c3c(oc4cc(C)c(C)cc4c3=O)C(=O)N2c2nnc(CC(C)C)s2)cc1OC. The summed E-state index contributed by atoms with van der Waals surface area (Å²) in [6, 6.07) is 8.23. The lowest BCUT2D eigenvalue weighted by Gasteiger charge is -2.23. The molecule has 9 heteroatoms. The van der Waals surface area contributed by atoms with Crippen LogP contribution in [0.25, 0.3) is 11.0 Å². The second-order valence-corrected chi connectivity index (χ2v) is 10.4. The van der Waals surface area contributed by atoms with Gasteiger partial charge in [0.1, 0.15) is 10.6 Å². The molecule has 0 bridgehead atoms. The van der Waals surface area contributed by atoms with Crippen molar-refractivity contribution in [1.29, 1.82) is 0 Å². The third kappa shape index (κ3) is 3.83. The minimum absolute atomic E-state index is 0.0242. The fourth-order valence-corrected chi connectivity index (χ4v) is 5.61. The smallest absolute Gasteiger partial charge is 0.297 e. The van der Waals surface area contributed by atoms with Crippen molar-refractivity contribution in [2.45, 2.75) is 40.2 Å². The van der Waals surface area contributed by atoms with E-state index in [2.05, 4.69) is 24.0 Å². The van der Waals surface area contributed by atoms with E-state index in [1.54, 1.807) is 32.4 Å². The van der Waals surface area contributed by atoms with Crippen molar-refractivity contribution >= 4 is 33.3 Å². The number of carbonyl (C=O) groups excluding carboxylic acids is 1. The summed E-state index contributed by atoms with van der Waals surface area (Å²) < 4.78 is 17.0. The third-order valence-corrected chi connectivity index (χ3v) is 7.40. The zero-order valence-corrected chi connectivity index (χ0v) is 21.9. The highest BCUT2D eigenvalue weighted by atomic mass is 32.1. The van der Waals surface area contributed by atoms with E-state index in [9.17, 15) is 9.59 Å². The van der Waals surface area contributed by atoms with Crippen molar-refractivity contribution in [3.8, 4) is 11.5 Å². The van der Waals surface area contributed by atoms with E-state index >= 15 is 0 Å². The average molecular weight is 506 g/mol. The molecular weight excluding hydrogens is 478 g/mol. The van der Waals surface area contributed by atoms with Crippen LogP contribution in [0.4, 0.5) is 5.13 Å². The number of amides is 1. The first-order valence-corrected chi connectivity index (χ1v) is 12.5. The molecule has 0 saturated heterocycles. The van der Waals surface area contributed by atoms with Crippen LogP contribution in [0.5, 0.6) is 11.5 Å². The summed E-state index contributed by atoms with van der Waals surface area (Å²) in [4.78, 5) is 29.2. The van der Waals surface area contributed by atoms with Crippen molar-refractivity contribution in [2.75, 3.05) is 19.1 Å². The van der Waals surface area contributed by atoms with Gasteiger partial charge in [-0.15, -0.1) is 10.2 Å². The molecule has 1 atom stereocenters. The van der Waals surface area contributed by atoms with Gasteiger partial charge in [0.25, 0.3) is 5.91 Å². The van der Waals surface area contributed by atoms with Gasteiger partial charge in [-0.05, 0) is 60.7 Å². The molecule has 8 nitrogen and oxygen atoms in total. The van der Waals surface area contributed by atoms with E-state index in [0.717, 1.165) is 22.6 Å². The molecule has 0 saturated carbocycles. The molecule has 0 spiro atoms. The van der Waals surface area contributed by atoms with Gasteiger partial charge in [0.2, 0.25) is 10.9 Å². The van der Waals surface area contributed by atoms with Crippen LogP contribution < -0.4 is 19.8 Å². The van der Waals surface area contributed by atoms with Crippen LogP contribution in [0.3, 0.4) is 0 Å². The van der Waals surface area contributed by atoms with Crippen LogP contribution in [0.2, 0.25) is 0 Å². The molecule has 2 aromatic carbocycles. The number of nitrogens with zero attached hydrogens (tertiary/aromatic N) is 3. The normalized spacial score (nSPS) is 15.1. The Kier molecular flexibility index (Phi) is 6.04. The highest BCUT2D eigenvalue weighted by Gasteiger charge is 2.45. The lowest BCUT2D eigenvalue weighted by molar-refractivity contribution is 0.0970. The average Bonchev–Trinajstić information content (AvgIpc) is 3.41. The minimum Gasteiger partial charge on any atom is -0.493 e. The van der Waals surface area contributed by atoms with Gasteiger partial charge in [-0.2, -0.15) is 0 Å². The van der Waals surface area contributed by atoms with Crippen molar-refractivity contribution < 1.29 is 18.7 Å². The van der Waals surface area contributed by atoms with Crippen LogP contribution in [0.15, 0.2) is 39.5 Å². The van der Waals surface area contributed by atoms with Crippen molar-refractivity contribution in [3.63, 3.8) is 0 Å². The number of hydrogen-bond acceptors (Lipinski definition) is 8. The minimum atomic E-state index is -0.755. The Morgan fingerprint density at radius 3 is 2.44 bits per heavy atom. The van der Waals surface area contributed by atoms with Crippen molar-refractivity contribution in [1.82, 2.24) is 10.2 Å². The largest absolute Gasteiger partial charge is 0.493 e. The van der Waals surface area contributed by atoms with Gasteiger partial charge >= 0.3 is 0 Å².